The molecule has 2 heterocycles. The molecule has 7 heteroatoms. The average Bonchev–Trinajstić information content (AvgIpc) is 3.16. The van der Waals surface area contributed by atoms with Crippen molar-refractivity contribution in [2.75, 3.05) is 14.2 Å². The number of hydrogen-bond acceptors (Lipinski definition) is 5. The molecule has 0 unspecified atom stereocenters. The lowest BCUT2D eigenvalue weighted by atomic mass is 10.1. The Morgan fingerprint density at radius 1 is 1.28 bits per heavy atom. The average molecular weight is 426 g/mol. The molecule has 3 aromatic rings. The largest absolute Gasteiger partial charge is 0.493 e. The van der Waals surface area contributed by atoms with Gasteiger partial charge in [-0.15, -0.1) is 17.1 Å². The van der Waals surface area contributed by atoms with Gasteiger partial charge in [-0.2, -0.15) is 0 Å². The maximum absolute atomic E-state index is 11.1. The smallest absolute Gasteiger partial charge is 0.303 e. The van der Waals surface area contributed by atoms with E-state index >= 15 is 0 Å². The van der Waals surface area contributed by atoms with Crippen molar-refractivity contribution in [2.24, 2.45) is 0 Å². The molecule has 1 aromatic carbocycles. The van der Waals surface area contributed by atoms with Gasteiger partial charge in [-0.25, -0.2) is 0 Å². The van der Waals surface area contributed by atoms with Crippen LogP contribution < -0.4 is 9.47 Å². The Bertz CT molecular complexity index is 1180. The van der Waals surface area contributed by atoms with Gasteiger partial charge < -0.3 is 14.6 Å². The van der Waals surface area contributed by atoms with E-state index in [-0.39, 0.29) is 6.42 Å². The van der Waals surface area contributed by atoms with Crippen LogP contribution in [-0.4, -0.2) is 29.3 Å². The fraction of sp³-hybridized carbons (Fsp3) is 0.182. The van der Waals surface area contributed by atoms with Crippen molar-refractivity contribution in [1.29, 1.82) is 0 Å². The maximum Gasteiger partial charge on any atom is 0.303 e. The number of aromatic nitrogens is 1. The molecule has 0 saturated carbocycles. The van der Waals surface area contributed by atoms with E-state index in [1.54, 1.807) is 37.5 Å². The number of thiophene rings is 1. The van der Waals surface area contributed by atoms with E-state index in [1.807, 2.05) is 36.6 Å². The summed E-state index contributed by atoms with van der Waals surface area (Å²) in [7, 11) is 3.21. The van der Waals surface area contributed by atoms with E-state index in [9.17, 15) is 4.79 Å². The molecule has 0 fully saturated rings. The van der Waals surface area contributed by atoms with E-state index in [0.29, 0.717) is 17.9 Å². The topological polar surface area (TPSA) is 60.7 Å². The third-order valence-electron chi connectivity index (χ3n) is 4.65. The van der Waals surface area contributed by atoms with Crippen LogP contribution in [0.15, 0.2) is 46.5 Å². The van der Waals surface area contributed by atoms with Crippen LogP contribution >= 0.6 is 23.3 Å². The van der Waals surface area contributed by atoms with E-state index < -0.39 is 5.97 Å². The quantitative estimate of drug-likeness (QED) is 0.508. The summed E-state index contributed by atoms with van der Waals surface area (Å²) < 4.78 is 13.0. The standard InChI is InChI=1S/C22H19NO4S2/c1-26-18-10-16-14(8-9-22(24)25)12-23(17(16)11-19(18)27-2)29-21-13-28-20-7-5-3-4-6-15(20)21/h3,5-7,10-13H,8-9H2,1-2H3,(H,24,25). The van der Waals surface area contributed by atoms with Crippen molar-refractivity contribution in [3.63, 3.8) is 0 Å². The molecule has 0 radical (unpaired) electrons. The molecule has 29 heavy (non-hydrogen) atoms. The number of carboxylic acids is 1. The summed E-state index contributed by atoms with van der Waals surface area (Å²) in [5.74, 6) is 0.451. The van der Waals surface area contributed by atoms with Gasteiger partial charge >= 0.3 is 5.97 Å². The Morgan fingerprint density at radius 3 is 2.83 bits per heavy atom. The molecule has 5 nitrogen and oxygen atoms in total. The van der Waals surface area contributed by atoms with Gasteiger partial charge in [-0.05, 0) is 48.2 Å². The molecule has 1 aliphatic rings. The van der Waals surface area contributed by atoms with E-state index in [0.717, 1.165) is 26.9 Å². The highest BCUT2D eigenvalue weighted by atomic mass is 32.2. The number of hydrogen-bond donors (Lipinski definition) is 1. The molecule has 0 atom stereocenters. The SMILES string of the molecule is COc1cc2c(CCC(=O)O)cn(Sc3csc4c3C=C=CC=C4)c2cc1OC. The van der Waals surface area contributed by atoms with Crippen molar-refractivity contribution in [1.82, 2.24) is 3.97 Å². The molecule has 1 aliphatic carbocycles. The van der Waals surface area contributed by atoms with Gasteiger partial charge in [0.15, 0.2) is 11.5 Å². The van der Waals surface area contributed by atoms with Gasteiger partial charge in [-0.3, -0.25) is 8.77 Å². The van der Waals surface area contributed by atoms with Crippen molar-refractivity contribution >= 4 is 52.3 Å². The van der Waals surface area contributed by atoms with Crippen molar-refractivity contribution in [2.45, 2.75) is 17.7 Å². The second-order valence-electron chi connectivity index (χ2n) is 6.40. The first kappa shape index (κ1) is 19.5. The first-order chi connectivity index (χ1) is 14.1. The summed E-state index contributed by atoms with van der Waals surface area (Å²) in [6.07, 6.45) is 10.5. The van der Waals surface area contributed by atoms with Crippen LogP contribution in [0.1, 0.15) is 22.4 Å². The predicted molar refractivity (Wildman–Crippen MR) is 118 cm³/mol. The molecular formula is C22H19NO4S2. The Balaban J connectivity index is 1.81. The third-order valence-corrected chi connectivity index (χ3v) is 6.80. The Hall–Kier alpha value is -2.86. The van der Waals surface area contributed by atoms with Gasteiger partial charge in [0.2, 0.25) is 0 Å². The number of ether oxygens (including phenoxy) is 2. The monoisotopic (exact) mass is 425 g/mol. The zero-order valence-electron chi connectivity index (χ0n) is 16.0. The summed E-state index contributed by atoms with van der Waals surface area (Å²) in [4.78, 5) is 13.4. The van der Waals surface area contributed by atoms with E-state index in [4.69, 9.17) is 14.6 Å². The van der Waals surface area contributed by atoms with Crippen LogP contribution in [0.4, 0.5) is 0 Å². The molecule has 1 N–H and O–H groups in total. The lowest BCUT2D eigenvalue weighted by molar-refractivity contribution is -0.136. The van der Waals surface area contributed by atoms with E-state index in [1.165, 1.54) is 4.88 Å². The van der Waals surface area contributed by atoms with Gasteiger partial charge in [-0.1, -0.05) is 6.08 Å². The lowest BCUT2D eigenvalue weighted by Gasteiger charge is -2.10. The molecule has 148 valence electrons. The number of methoxy groups -OCH3 is 2. The highest BCUT2D eigenvalue weighted by Crippen LogP contribution is 2.40. The molecule has 4 rings (SSSR count). The normalized spacial score (nSPS) is 12.2. The van der Waals surface area contributed by atoms with Crippen molar-refractivity contribution < 1.29 is 19.4 Å². The van der Waals surface area contributed by atoms with Crippen molar-refractivity contribution in [3.05, 3.63) is 57.6 Å². The minimum absolute atomic E-state index is 0.0737. The number of rotatable bonds is 7. The van der Waals surface area contributed by atoms with E-state index in [2.05, 4.69) is 21.2 Å². The van der Waals surface area contributed by atoms with Crippen LogP contribution in [0.25, 0.3) is 23.1 Å². The molecular weight excluding hydrogens is 406 g/mol. The van der Waals surface area contributed by atoms with Crippen LogP contribution in [0.5, 0.6) is 11.5 Å². The number of nitrogens with zero attached hydrogens (tertiary/aromatic N) is 1. The molecule has 0 amide bonds. The number of carbonyl (C=O) groups is 1. The van der Waals surface area contributed by atoms with Crippen LogP contribution in [0, 0.1) is 0 Å². The van der Waals surface area contributed by atoms with Gasteiger partial charge in [0.25, 0.3) is 0 Å². The van der Waals surface area contributed by atoms with Crippen LogP contribution in [0.2, 0.25) is 0 Å². The number of aryl methyl sites for hydroxylation is 1. The lowest BCUT2D eigenvalue weighted by Crippen LogP contribution is -1.97. The molecule has 0 saturated heterocycles. The summed E-state index contributed by atoms with van der Waals surface area (Å²) in [6, 6.07) is 3.86. The Labute approximate surface area is 176 Å². The van der Waals surface area contributed by atoms with Crippen LogP contribution in [-0.2, 0) is 11.2 Å². The zero-order chi connectivity index (χ0) is 20.4. The first-order valence-electron chi connectivity index (χ1n) is 8.97. The maximum atomic E-state index is 11.1. The minimum atomic E-state index is -0.814. The Morgan fingerprint density at radius 2 is 2.07 bits per heavy atom. The van der Waals surface area contributed by atoms with Gasteiger partial charge in [0.1, 0.15) is 0 Å². The summed E-state index contributed by atoms with van der Waals surface area (Å²) in [6.45, 7) is 0. The second kappa shape index (κ2) is 8.25. The number of aliphatic carboxylic acids is 1. The molecule has 2 aromatic heterocycles. The molecule has 0 spiro atoms. The summed E-state index contributed by atoms with van der Waals surface area (Å²) >= 11 is 3.29. The first-order valence-corrected chi connectivity index (χ1v) is 10.6. The number of benzene rings is 1. The summed E-state index contributed by atoms with van der Waals surface area (Å²) in [5, 5.41) is 12.2. The number of fused-ring (bicyclic) bond motifs is 2. The number of allylic oxidation sites excluding steroid dienone is 2. The third kappa shape index (κ3) is 3.85. The van der Waals surface area contributed by atoms with Gasteiger partial charge in [0.05, 0.1) is 19.7 Å². The molecule has 0 aliphatic heterocycles. The predicted octanol–water partition coefficient (Wildman–Crippen LogP) is 5.49. The van der Waals surface area contributed by atoms with Gasteiger partial charge in [0, 0.05) is 44.8 Å². The van der Waals surface area contributed by atoms with Crippen molar-refractivity contribution in [3.8, 4) is 11.5 Å². The number of carboxylic acid groups (broad SMARTS) is 1. The minimum Gasteiger partial charge on any atom is -0.493 e. The summed E-state index contributed by atoms with van der Waals surface area (Å²) in [5.41, 5.74) is 6.23. The second-order valence-corrected chi connectivity index (χ2v) is 8.33. The fourth-order valence-electron chi connectivity index (χ4n) is 3.24. The highest BCUT2D eigenvalue weighted by Gasteiger charge is 2.17. The zero-order valence-corrected chi connectivity index (χ0v) is 17.6. The van der Waals surface area contributed by atoms with Crippen LogP contribution in [0.3, 0.4) is 0 Å². The Kier molecular flexibility index (Phi) is 5.53. The molecule has 0 bridgehead atoms. The fourth-order valence-corrected chi connectivity index (χ4v) is 5.34. The highest BCUT2D eigenvalue weighted by molar-refractivity contribution is 7.98.